The van der Waals surface area contributed by atoms with Crippen molar-refractivity contribution in [3.63, 3.8) is 0 Å². The molecule has 2 aromatic rings. The van der Waals surface area contributed by atoms with E-state index in [1.165, 1.54) is 12.0 Å². The summed E-state index contributed by atoms with van der Waals surface area (Å²) in [5.74, 6) is -0.190. The Kier molecular flexibility index (Phi) is 9.28. The highest BCUT2D eigenvalue weighted by Gasteiger charge is 2.30. The predicted octanol–water partition coefficient (Wildman–Crippen LogP) is 2.71. The summed E-state index contributed by atoms with van der Waals surface area (Å²) >= 11 is 0. The van der Waals surface area contributed by atoms with E-state index in [0.29, 0.717) is 18.0 Å². The van der Waals surface area contributed by atoms with Crippen LogP contribution in [-0.2, 0) is 26.2 Å². The fourth-order valence-corrected chi connectivity index (χ4v) is 4.08. The van der Waals surface area contributed by atoms with Crippen molar-refractivity contribution in [2.24, 2.45) is 0 Å². The van der Waals surface area contributed by atoms with Crippen molar-refractivity contribution >= 4 is 27.5 Å². The number of rotatable bonds is 11. The molecule has 0 bridgehead atoms. The SMILES string of the molecule is CCCNC(=O)[C@H](C)N(Cc1ccc(C)cc1)C(=O)CN(c1ccc(OC)cc1)S(C)(=O)=O. The van der Waals surface area contributed by atoms with Gasteiger partial charge in [-0.2, -0.15) is 0 Å². The van der Waals surface area contributed by atoms with Gasteiger partial charge in [0.1, 0.15) is 18.3 Å². The molecule has 0 aliphatic heterocycles. The second-order valence-electron chi connectivity index (χ2n) is 7.94. The molecule has 1 N–H and O–H groups in total. The average Bonchev–Trinajstić information content (AvgIpc) is 2.79. The highest BCUT2D eigenvalue weighted by Crippen LogP contribution is 2.22. The maximum absolute atomic E-state index is 13.4. The predicted molar refractivity (Wildman–Crippen MR) is 130 cm³/mol. The second-order valence-corrected chi connectivity index (χ2v) is 9.85. The Labute approximate surface area is 196 Å². The molecule has 0 heterocycles. The maximum Gasteiger partial charge on any atom is 0.244 e. The van der Waals surface area contributed by atoms with Gasteiger partial charge in [0.05, 0.1) is 19.1 Å². The monoisotopic (exact) mass is 475 g/mol. The number of benzene rings is 2. The van der Waals surface area contributed by atoms with Gasteiger partial charge in [-0.05, 0) is 50.1 Å². The van der Waals surface area contributed by atoms with Gasteiger partial charge < -0.3 is 15.0 Å². The Balaban J connectivity index is 2.34. The van der Waals surface area contributed by atoms with Crippen molar-refractivity contribution in [2.75, 3.05) is 30.8 Å². The number of ether oxygens (including phenoxy) is 1. The Morgan fingerprint density at radius 1 is 1.06 bits per heavy atom. The molecule has 0 fully saturated rings. The first-order valence-corrected chi connectivity index (χ1v) is 12.7. The van der Waals surface area contributed by atoms with Crippen molar-refractivity contribution in [2.45, 2.75) is 39.8 Å². The molecular formula is C24H33N3O5S. The zero-order chi connectivity index (χ0) is 24.6. The zero-order valence-electron chi connectivity index (χ0n) is 19.9. The van der Waals surface area contributed by atoms with Gasteiger partial charge in [0.2, 0.25) is 21.8 Å². The summed E-state index contributed by atoms with van der Waals surface area (Å²) < 4.78 is 31.2. The molecule has 0 radical (unpaired) electrons. The van der Waals surface area contributed by atoms with E-state index in [1.807, 2.05) is 38.1 Å². The minimum Gasteiger partial charge on any atom is -0.497 e. The van der Waals surface area contributed by atoms with Crippen molar-refractivity contribution in [1.29, 1.82) is 0 Å². The van der Waals surface area contributed by atoms with E-state index in [-0.39, 0.29) is 12.5 Å². The number of anilines is 1. The second kappa shape index (κ2) is 11.7. The van der Waals surface area contributed by atoms with Gasteiger partial charge in [0.25, 0.3) is 0 Å². The van der Waals surface area contributed by atoms with Crippen LogP contribution in [0.4, 0.5) is 5.69 Å². The van der Waals surface area contributed by atoms with E-state index in [4.69, 9.17) is 4.74 Å². The topological polar surface area (TPSA) is 96.0 Å². The van der Waals surface area contributed by atoms with Crippen LogP contribution >= 0.6 is 0 Å². The maximum atomic E-state index is 13.4. The number of amides is 2. The first-order valence-electron chi connectivity index (χ1n) is 10.8. The van der Waals surface area contributed by atoms with Gasteiger partial charge in [-0.15, -0.1) is 0 Å². The fourth-order valence-electron chi connectivity index (χ4n) is 3.23. The number of carbonyl (C=O) groups excluding carboxylic acids is 2. The lowest BCUT2D eigenvalue weighted by Crippen LogP contribution is -2.51. The molecule has 0 unspecified atom stereocenters. The number of aryl methyl sites for hydroxylation is 1. The van der Waals surface area contributed by atoms with Gasteiger partial charge in [-0.3, -0.25) is 13.9 Å². The molecule has 2 amide bonds. The van der Waals surface area contributed by atoms with Gasteiger partial charge in [0, 0.05) is 13.1 Å². The lowest BCUT2D eigenvalue weighted by Gasteiger charge is -2.31. The molecule has 2 rings (SSSR count). The molecule has 33 heavy (non-hydrogen) atoms. The van der Waals surface area contributed by atoms with Crippen LogP contribution in [0.3, 0.4) is 0 Å². The number of methoxy groups -OCH3 is 1. The number of nitrogens with one attached hydrogen (secondary N) is 1. The molecule has 8 nitrogen and oxygen atoms in total. The van der Waals surface area contributed by atoms with Crippen molar-refractivity contribution in [3.8, 4) is 5.75 Å². The standard InChI is InChI=1S/C24H33N3O5S/c1-6-15-25-24(29)19(3)26(16-20-9-7-18(2)8-10-20)23(28)17-27(33(5,30)31)21-11-13-22(32-4)14-12-21/h7-14,19H,6,15-17H2,1-5H3,(H,25,29)/t19-/m0/s1. The summed E-state index contributed by atoms with van der Waals surface area (Å²) in [6, 6.07) is 13.3. The lowest BCUT2D eigenvalue weighted by molar-refractivity contribution is -0.139. The van der Waals surface area contributed by atoms with Crippen molar-refractivity contribution in [1.82, 2.24) is 10.2 Å². The summed E-state index contributed by atoms with van der Waals surface area (Å²) in [5.41, 5.74) is 2.26. The number of sulfonamides is 1. The van der Waals surface area contributed by atoms with E-state index in [2.05, 4.69) is 5.32 Å². The van der Waals surface area contributed by atoms with Crippen LogP contribution in [-0.4, -0.2) is 57.6 Å². The molecular weight excluding hydrogens is 442 g/mol. The quantitative estimate of drug-likeness (QED) is 0.539. The first kappa shape index (κ1) is 26.2. The van der Waals surface area contributed by atoms with Crippen LogP contribution in [0.2, 0.25) is 0 Å². The third-order valence-electron chi connectivity index (χ3n) is 5.23. The molecule has 0 saturated heterocycles. The molecule has 0 aromatic heterocycles. The van der Waals surface area contributed by atoms with Crippen LogP contribution in [0.1, 0.15) is 31.4 Å². The van der Waals surface area contributed by atoms with Gasteiger partial charge >= 0.3 is 0 Å². The summed E-state index contributed by atoms with van der Waals surface area (Å²) in [6.07, 6.45) is 1.82. The third-order valence-corrected chi connectivity index (χ3v) is 6.37. The van der Waals surface area contributed by atoms with E-state index in [0.717, 1.165) is 28.1 Å². The average molecular weight is 476 g/mol. The molecule has 0 aliphatic rings. The van der Waals surface area contributed by atoms with Crippen LogP contribution in [0.25, 0.3) is 0 Å². The number of nitrogens with zero attached hydrogens (tertiary/aromatic N) is 2. The highest BCUT2D eigenvalue weighted by atomic mass is 32.2. The first-order chi connectivity index (χ1) is 15.6. The van der Waals surface area contributed by atoms with Crippen molar-refractivity contribution < 1.29 is 22.7 Å². The van der Waals surface area contributed by atoms with Crippen LogP contribution in [0.15, 0.2) is 48.5 Å². The third kappa shape index (κ3) is 7.49. The molecule has 0 aliphatic carbocycles. The van der Waals surface area contributed by atoms with E-state index in [1.54, 1.807) is 31.2 Å². The normalized spacial score (nSPS) is 12.0. The smallest absolute Gasteiger partial charge is 0.244 e. The number of hydrogen-bond acceptors (Lipinski definition) is 5. The van der Waals surface area contributed by atoms with Gasteiger partial charge in [0.15, 0.2) is 0 Å². The van der Waals surface area contributed by atoms with Crippen LogP contribution in [0, 0.1) is 6.92 Å². The summed E-state index contributed by atoms with van der Waals surface area (Å²) in [7, 11) is -2.25. The molecule has 0 spiro atoms. The molecule has 0 saturated carbocycles. The Bertz CT molecular complexity index is 1040. The summed E-state index contributed by atoms with van der Waals surface area (Å²) in [4.78, 5) is 27.5. The Hall–Kier alpha value is -3.07. The molecule has 180 valence electrons. The fraction of sp³-hybridized carbons (Fsp3) is 0.417. The highest BCUT2D eigenvalue weighted by molar-refractivity contribution is 7.92. The van der Waals surface area contributed by atoms with Gasteiger partial charge in [-0.1, -0.05) is 36.8 Å². The minimum absolute atomic E-state index is 0.181. The minimum atomic E-state index is -3.76. The molecule has 2 aromatic carbocycles. The number of carbonyl (C=O) groups is 2. The molecule has 9 heteroatoms. The largest absolute Gasteiger partial charge is 0.497 e. The summed E-state index contributed by atoms with van der Waals surface area (Å²) in [6.45, 7) is 5.81. The van der Waals surface area contributed by atoms with E-state index in [9.17, 15) is 18.0 Å². The van der Waals surface area contributed by atoms with E-state index >= 15 is 0 Å². The lowest BCUT2D eigenvalue weighted by atomic mass is 10.1. The summed E-state index contributed by atoms with van der Waals surface area (Å²) in [5, 5.41) is 2.81. The van der Waals surface area contributed by atoms with Crippen LogP contribution < -0.4 is 14.4 Å². The van der Waals surface area contributed by atoms with Gasteiger partial charge in [-0.25, -0.2) is 8.42 Å². The molecule has 1 atom stereocenters. The zero-order valence-corrected chi connectivity index (χ0v) is 20.7. The Morgan fingerprint density at radius 3 is 2.18 bits per heavy atom. The van der Waals surface area contributed by atoms with Crippen LogP contribution in [0.5, 0.6) is 5.75 Å². The van der Waals surface area contributed by atoms with E-state index < -0.39 is 28.5 Å². The Morgan fingerprint density at radius 2 is 1.67 bits per heavy atom. The number of hydrogen-bond donors (Lipinski definition) is 1. The van der Waals surface area contributed by atoms with Crippen molar-refractivity contribution in [3.05, 3.63) is 59.7 Å².